The maximum atomic E-state index is 2.49. The van der Waals surface area contributed by atoms with Crippen molar-refractivity contribution in [2.75, 3.05) is 9.80 Å². The minimum atomic E-state index is -0.216. The first-order valence-corrected chi connectivity index (χ1v) is 20.1. The van der Waals surface area contributed by atoms with E-state index >= 15 is 0 Å². The Morgan fingerprint density at radius 1 is 0.357 bits per heavy atom. The van der Waals surface area contributed by atoms with Crippen molar-refractivity contribution in [3.8, 4) is 22.3 Å². The smallest absolute Gasteiger partial charge is 0.0490 e. The van der Waals surface area contributed by atoms with Crippen LogP contribution in [-0.2, 0) is 10.8 Å². The molecular formula is C54H52N2. The van der Waals surface area contributed by atoms with Crippen LogP contribution in [0, 0.1) is 41.5 Å². The van der Waals surface area contributed by atoms with Crippen molar-refractivity contribution in [2.24, 2.45) is 0 Å². The molecule has 2 heteroatoms. The normalized spacial score (nSPS) is 14.2. The van der Waals surface area contributed by atoms with Gasteiger partial charge in [0.15, 0.2) is 0 Å². The van der Waals surface area contributed by atoms with Gasteiger partial charge in [0.25, 0.3) is 0 Å². The molecule has 0 saturated heterocycles. The Morgan fingerprint density at radius 3 is 1.07 bits per heavy atom. The highest BCUT2D eigenvalue weighted by Crippen LogP contribution is 2.61. The van der Waals surface area contributed by atoms with Crippen LogP contribution in [0.15, 0.2) is 133 Å². The quantitative estimate of drug-likeness (QED) is 0.168. The van der Waals surface area contributed by atoms with Gasteiger partial charge in [0.05, 0.1) is 0 Å². The standard InChI is InChI=1S/C54H52N2/c1-33-19-23-39(24-20-33)55(47-17-13-11-15-35(47)3)41-29-37(5)49-43-27-28-44-50-38(6)30-42(32-46(50)54(9,10)52(44)51(43)53(7,8)45(49)31-41)56(40-25-21-34(2)22-26-40)48-18-14-12-16-36(48)4/h11-32H,1-10H3. The van der Waals surface area contributed by atoms with E-state index in [0.717, 1.165) is 0 Å². The van der Waals surface area contributed by atoms with Crippen molar-refractivity contribution in [1.29, 1.82) is 0 Å². The van der Waals surface area contributed by atoms with Gasteiger partial charge in [-0.05, 0) is 169 Å². The third kappa shape index (κ3) is 5.37. The first kappa shape index (κ1) is 35.8. The molecule has 0 aliphatic heterocycles. The van der Waals surface area contributed by atoms with E-state index in [-0.39, 0.29) is 10.8 Å². The highest BCUT2D eigenvalue weighted by Gasteiger charge is 2.47. The van der Waals surface area contributed by atoms with Crippen LogP contribution in [0.5, 0.6) is 0 Å². The maximum Gasteiger partial charge on any atom is 0.0490 e. The lowest BCUT2D eigenvalue weighted by Crippen LogP contribution is -2.24. The first-order valence-electron chi connectivity index (χ1n) is 20.1. The maximum absolute atomic E-state index is 2.49. The summed E-state index contributed by atoms with van der Waals surface area (Å²) >= 11 is 0. The van der Waals surface area contributed by atoms with Crippen LogP contribution in [-0.4, -0.2) is 0 Å². The average molecular weight is 729 g/mol. The second-order valence-corrected chi connectivity index (χ2v) is 17.4. The summed E-state index contributed by atoms with van der Waals surface area (Å²) in [6.45, 7) is 23.2. The van der Waals surface area contributed by atoms with Gasteiger partial charge >= 0.3 is 0 Å². The van der Waals surface area contributed by atoms with Crippen LogP contribution in [0.3, 0.4) is 0 Å². The predicted molar refractivity (Wildman–Crippen MR) is 239 cm³/mol. The Bertz CT molecular complexity index is 2500. The predicted octanol–water partition coefficient (Wildman–Crippen LogP) is 15.1. The summed E-state index contributed by atoms with van der Waals surface area (Å²) in [4.78, 5) is 4.90. The first-order chi connectivity index (χ1) is 26.8. The van der Waals surface area contributed by atoms with Gasteiger partial charge in [-0.15, -0.1) is 0 Å². The Kier molecular flexibility index (Phi) is 8.22. The Hall–Kier alpha value is -5.86. The lowest BCUT2D eigenvalue weighted by atomic mass is 9.72. The Labute approximate surface area is 334 Å². The van der Waals surface area contributed by atoms with Crippen LogP contribution in [0.1, 0.15) is 83.3 Å². The van der Waals surface area contributed by atoms with Crippen LogP contribution in [0.4, 0.5) is 34.1 Å². The molecule has 0 N–H and O–H groups in total. The molecule has 7 aromatic carbocycles. The Morgan fingerprint density at radius 2 is 0.714 bits per heavy atom. The van der Waals surface area contributed by atoms with E-state index in [0.29, 0.717) is 0 Å². The molecule has 0 saturated carbocycles. The molecule has 7 aromatic rings. The molecule has 2 nitrogen and oxygen atoms in total. The van der Waals surface area contributed by atoms with Gasteiger partial charge in [-0.3, -0.25) is 0 Å². The summed E-state index contributed by atoms with van der Waals surface area (Å²) in [6.07, 6.45) is 0. The fraction of sp³-hybridized carbons (Fsp3) is 0.222. The zero-order chi connectivity index (χ0) is 39.3. The van der Waals surface area contributed by atoms with Crippen LogP contribution in [0.25, 0.3) is 22.3 Å². The molecule has 0 radical (unpaired) electrons. The minimum absolute atomic E-state index is 0.216. The molecule has 0 heterocycles. The van der Waals surface area contributed by atoms with E-state index in [2.05, 4.69) is 212 Å². The van der Waals surface area contributed by atoms with E-state index in [1.807, 2.05) is 0 Å². The molecule has 0 fully saturated rings. The number of fused-ring (bicyclic) bond motifs is 7. The lowest BCUT2D eigenvalue weighted by Gasteiger charge is -2.32. The zero-order valence-corrected chi connectivity index (χ0v) is 34.6. The molecule has 56 heavy (non-hydrogen) atoms. The second kappa shape index (κ2) is 12.8. The van der Waals surface area contributed by atoms with Crippen molar-refractivity contribution in [3.63, 3.8) is 0 Å². The molecule has 278 valence electrons. The van der Waals surface area contributed by atoms with E-state index in [9.17, 15) is 0 Å². The molecule has 0 aromatic heterocycles. The van der Waals surface area contributed by atoms with E-state index in [1.54, 1.807) is 0 Å². The number of nitrogens with zero attached hydrogens (tertiary/aromatic N) is 2. The van der Waals surface area contributed by atoms with Crippen molar-refractivity contribution in [1.82, 2.24) is 0 Å². The number of rotatable bonds is 6. The van der Waals surface area contributed by atoms with Gasteiger partial charge in [-0.1, -0.05) is 112 Å². The fourth-order valence-corrected chi connectivity index (χ4v) is 9.95. The third-order valence-corrected chi connectivity index (χ3v) is 12.8. The molecule has 0 unspecified atom stereocenters. The van der Waals surface area contributed by atoms with Gasteiger partial charge in [0.1, 0.15) is 0 Å². The number of benzene rings is 7. The average Bonchev–Trinajstić information content (AvgIpc) is 3.54. The van der Waals surface area contributed by atoms with Gasteiger partial charge < -0.3 is 9.80 Å². The highest BCUT2D eigenvalue weighted by molar-refractivity contribution is 5.96. The zero-order valence-electron chi connectivity index (χ0n) is 34.6. The van der Waals surface area contributed by atoms with E-state index in [1.165, 1.54) is 112 Å². The van der Waals surface area contributed by atoms with Crippen molar-refractivity contribution < 1.29 is 0 Å². The van der Waals surface area contributed by atoms with E-state index < -0.39 is 0 Å². The summed E-state index contributed by atoms with van der Waals surface area (Å²) < 4.78 is 0. The number of aryl methyl sites for hydroxylation is 6. The second-order valence-electron chi connectivity index (χ2n) is 17.4. The number of anilines is 6. The summed E-state index contributed by atoms with van der Waals surface area (Å²) in [5, 5.41) is 0. The minimum Gasteiger partial charge on any atom is -0.310 e. The van der Waals surface area contributed by atoms with Gasteiger partial charge in [-0.25, -0.2) is 0 Å². The summed E-state index contributed by atoms with van der Waals surface area (Å²) in [6, 6.07) is 50.1. The highest BCUT2D eigenvalue weighted by atomic mass is 15.1. The van der Waals surface area contributed by atoms with Crippen LogP contribution >= 0.6 is 0 Å². The summed E-state index contributed by atoms with van der Waals surface area (Å²) in [5.41, 5.74) is 25.7. The largest absolute Gasteiger partial charge is 0.310 e. The lowest BCUT2D eigenvalue weighted by molar-refractivity contribution is 0.601. The van der Waals surface area contributed by atoms with E-state index in [4.69, 9.17) is 0 Å². The molecule has 9 rings (SSSR count). The summed E-state index contributed by atoms with van der Waals surface area (Å²) in [7, 11) is 0. The third-order valence-electron chi connectivity index (χ3n) is 12.8. The van der Waals surface area contributed by atoms with Crippen LogP contribution < -0.4 is 9.80 Å². The molecule has 0 amide bonds. The van der Waals surface area contributed by atoms with Gasteiger partial charge in [0.2, 0.25) is 0 Å². The molecule has 0 spiro atoms. The Balaban J connectivity index is 1.21. The fourth-order valence-electron chi connectivity index (χ4n) is 9.95. The SMILES string of the molecule is Cc1ccc(N(c2cc(C)c3c(c2)C(C)(C)c2c-3ccc3c2C(C)(C)c2cc(N(c4ccc(C)cc4)c4ccccc4C)cc(C)c2-3)c2ccccc2C)cc1. The van der Waals surface area contributed by atoms with Crippen LogP contribution in [0.2, 0.25) is 0 Å². The van der Waals surface area contributed by atoms with Crippen molar-refractivity contribution in [2.45, 2.75) is 80.1 Å². The number of para-hydroxylation sites is 2. The summed E-state index contributed by atoms with van der Waals surface area (Å²) in [5.74, 6) is 0. The molecule has 0 bridgehead atoms. The van der Waals surface area contributed by atoms with Crippen molar-refractivity contribution in [3.05, 3.63) is 189 Å². The molecular weight excluding hydrogens is 677 g/mol. The van der Waals surface area contributed by atoms with Crippen molar-refractivity contribution >= 4 is 34.1 Å². The molecule has 0 atom stereocenters. The van der Waals surface area contributed by atoms with Gasteiger partial charge in [0, 0.05) is 45.0 Å². The molecule has 2 aliphatic rings. The molecule has 2 aliphatic carbocycles. The topological polar surface area (TPSA) is 6.48 Å². The monoisotopic (exact) mass is 728 g/mol. The number of hydrogen-bond acceptors (Lipinski definition) is 2. The number of hydrogen-bond donors (Lipinski definition) is 0. The van der Waals surface area contributed by atoms with Gasteiger partial charge in [-0.2, -0.15) is 0 Å².